The lowest BCUT2D eigenvalue weighted by Gasteiger charge is -2.44. The number of hydrogen-bond acceptors (Lipinski definition) is 7. The maximum absolute atomic E-state index is 13.7. The van der Waals surface area contributed by atoms with Crippen molar-refractivity contribution < 1.29 is 14.6 Å². The molecule has 4 aliphatic rings. The summed E-state index contributed by atoms with van der Waals surface area (Å²) < 4.78 is 7.68. The van der Waals surface area contributed by atoms with E-state index in [0.29, 0.717) is 24.1 Å². The van der Waals surface area contributed by atoms with Crippen molar-refractivity contribution in [3.63, 3.8) is 0 Å². The molecule has 2 aromatic carbocycles. The fourth-order valence-electron chi connectivity index (χ4n) is 5.23. The minimum atomic E-state index is -0.553. The van der Waals surface area contributed by atoms with E-state index in [1.165, 1.54) is 34.9 Å². The van der Waals surface area contributed by atoms with Crippen LogP contribution in [0.2, 0.25) is 0 Å². The first-order chi connectivity index (χ1) is 17.6. The average Bonchev–Trinajstić information content (AvgIpc) is 3.72. The van der Waals surface area contributed by atoms with E-state index in [0.717, 1.165) is 23.3 Å². The van der Waals surface area contributed by atoms with Gasteiger partial charge < -0.3 is 20.2 Å². The lowest BCUT2D eigenvalue weighted by molar-refractivity contribution is -0.0163. The van der Waals surface area contributed by atoms with Gasteiger partial charge in [0.05, 0.1) is 18.8 Å². The van der Waals surface area contributed by atoms with Crippen molar-refractivity contribution in [2.45, 2.75) is 46.8 Å². The molecule has 1 unspecified atom stereocenters. The molecule has 7 nitrogen and oxygen atoms in total. The van der Waals surface area contributed by atoms with Crippen LogP contribution in [-0.2, 0) is 16.9 Å². The molecule has 3 aromatic rings. The zero-order valence-corrected chi connectivity index (χ0v) is 21.1. The molecular formula is C27H25N3O4S2. The number of aromatic nitrogens is 1. The monoisotopic (exact) mass is 519 g/mol. The maximum Gasteiger partial charge on any atom is 0.278 e. The number of thioether (sulfide) groups is 2. The molecule has 4 heterocycles. The van der Waals surface area contributed by atoms with Gasteiger partial charge in [-0.25, -0.2) is 4.68 Å². The third-order valence-electron chi connectivity index (χ3n) is 7.23. The lowest BCUT2D eigenvalue weighted by atomic mass is 9.93. The van der Waals surface area contributed by atoms with E-state index in [4.69, 9.17) is 4.74 Å². The van der Waals surface area contributed by atoms with Gasteiger partial charge in [0, 0.05) is 27.5 Å². The quantitative estimate of drug-likeness (QED) is 0.541. The third-order valence-corrected chi connectivity index (χ3v) is 9.84. The van der Waals surface area contributed by atoms with Gasteiger partial charge in [0.2, 0.25) is 5.43 Å². The lowest BCUT2D eigenvalue weighted by Crippen LogP contribution is -2.61. The fraction of sp³-hybridized carbons (Fsp3) is 0.333. The number of benzene rings is 2. The molecule has 2 fully saturated rings. The van der Waals surface area contributed by atoms with Gasteiger partial charge in [0.1, 0.15) is 11.6 Å². The van der Waals surface area contributed by atoms with Crippen LogP contribution in [-0.4, -0.2) is 50.6 Å². The van der Waals surface area contributed by atoms with E-state index in [9.17, 15) is 14.7 Å². The molecule has 1 saturated carbocycles. The van der Waals surface area contributed by atoms with Crippen LogP contribution in [0.4, 0.5) is 0 Å². The third kappa shape index (κ3) is 3.72. The summed E-state index contributed by atoms with van der Waals surface area (Å²) in [6.07, 6.45) is 2.73. The first-order valence-corrected chi connectivity index (χ1v) is 14.1. The molecule has 1 amide bonds. The molecule has 9 heteroatoms. The summed E-state index contributed by atoms with van der Waals surface area (Å²) in [5.41, 5.74) is 7.77. The Bertz CT molecular complexity index is 1450. The van der Waals surface area contributed by atoms with E-state index >= 15 is 0 Å². The average molecular weight is 520 g/mol. The molecule has 7 rings (SSSR count). The van der Waals surface area contributed by atoms with Crippen molar-refractivity contribution in [1.29, 1.82) is 0 Å². The number of pyridine rings is 1. The Balaban J connectivity index is 1.33. The van der Waals surface area contributed by atoms with Crippen LogP contribution in [0.15, 0.2) is 58.2 Å². The second-order valence-electron chi connectivity index (χ2n) is 9.64. The second kappa shape index (κ2) is 8.61. The molecule has 2 N–H and O–H groups in total. The molecule has 1 aromatic heterocycles. The Morgan fingerprint density at radius 1 is 1.08 bits per heavy atom. The zero-order valence-electron chi connectivity index (χ0n) is 19.5. The number of nitrogens with one attached hydrogen (secondary N) is 1. The van der Waals surface area contributed by atoms with Crippen LogP contribution in [0.5, 0.6) is 5.75 Å². The fourth-order valence-corrected chi connectivity index (χ4v) is 7.55. The van der Waals surface area contributed by atoms with Crippen molar-refractivity contribution in [1.82, 2.24) is 9.58 Å². The minimum Gasteiger partial charge on any atom is -0.502 e. The highest BCUT2D eigenvalue weighted by Crippen LogP contribution is 2.41. The number of aromatic hydroxyl groups is 1. The minimum absolute atomic E-state index is 0.00757. The van der Waals surface area contributed by atoms with Gasteiger partial charge in [-0.15, -0.1) is 23.5 Å². The predicted octanol–water partition coefficient (Wildman–Crippen LogP) is 3.99. The summed E-state index contributed by atoms with van der Waals surface area (Å²) in [6.45, 7) is 0.767. The Morgan fingerprint density at radius 3 is 2.78 bits per heavy atom. The molecule has 36 heavy (non-hydrogen) atoms. The van der Waals surface area contributed by atoms with Crippen molar-refractivity contribution >= 4 is 29.4 Å². The summed E-state index contributed by atoms with van der Waals surface area (Å²) in [5, 5.41) is 11.4. The van der Waals surface area contributed by atoms with Crippen molar-refractivity contribution in [3.8, 4) is 17.0 Å². The van der Waals surface area contributed by atoms with Gasteiger partial charge in [0.15, 0.2) is 11.4 Å². The summed E-state index contributed by atoms with van der Waals surface area (Å²) in [5.74, 6) is -0.0373. The SMILES string of the molecule is O=C1c2c(O)c(=O)cc(-c3cccc4c3Cc3ccccc3SC4)n2N[C@@H]2COC(SC3CC3)CN12. The number of fused-ring (bicyclic) bond motifs is 4. The van der Waals surface area contributed by atoms with E-state index in [-0.39, 0.29) is 23.2 Å². The van der Waals surface area contributed by atoms with E-state index in [1.54, 1.807) is 21.3 Å². The van der Waals surface area contributed by atoms with Crippen LogP contribution in [0.3, 0.4) is 0 Å². The van der Waals surface area contributed by atoms with E-state index in [2.05, 4.69) is 29.7 Å². The Morgan fingerprint density at radius 2 is 1.92 bits per heavy atom. The van der Waals surface area contributed by atoms with Gasteiger partial charge in [0.25, 0.3) is 5.91 Å². The van der Waals surface area contributed by atoms with Crippen LogP contribution in [0, 0.1) is 0 Å². The molecule has 3 aliphatic heterocycles. The number of carbonyl (C=O) groups is 1. The topological polar surface area (TPSA) is 83.8 Å². The molecule has 184 valence electrons. The highest BCUT2D eigenvalue weighted by atomic mass is 32.2. The van der Waals surface area contributed by atoms with Crippen LogP contribution < -0.4 is 10.9 Å². The molecule has 0 bridgehead atoms. The Hall–Kier alpha value is -2.88. The normalized spacial score (nSPS) is 22.6. The first kappa shape index (κ1) is 22.3. The van der Waals surface area contributed by atoms with Crippen LogP contribution in [0.1, 0.15) is 40.0 Å². The van der Waals surface area contributed by atoms with Crippen molar-refractivity contribution in [3.05, 3.63) is 81.1 Å². The number of ether oxygens (including phenoxy) is 1. The molecule has 0 spiro atoms. The van der Waals surface area contributed by atoms with Crippen LogP contribution in [0.25, 0.3) is 11.3 Å². The van der Waals surface area contributed by atoms with Gasteiger partial charge >= 0.3 is 0 Å². The smallest absolute Gasteiger partial charge is 0.278 e. The number of nitrogens with zero attached hydrogens (tertiary/aromatic N) is 2. The van der Waals surface area contributed by atoms with Crippen LogP contribution >= 0.6 is 23.5 Å². The summed E-state index contributed by atoms with van der Waals surface area (Å²) in [7, 11) is 0. The van der Waals surface area contributed by atoms with Gasteiger partial charge in [-0.05, 0) is 42.0 Å². The number of morpholine rings is 1. The standard InChI is InChI=1S/C27H25N3O4S2/c31-21-11-20(18-6-3-5-16-14-35-22-7-2-1-4-15(22)10-19(16)18)30-25(26(21)32)27(33)29-12-24(36-17-8-9-17)34-13-23(29)28-30/h1-7,11,17,23-24,28,32H,8-10,12-14H2/t23-,24?/m0/s1. The molecular weight excluding hydrogens is 494 g/mol. The highest BCUT2D eigenvalue weighted by molar-refractivity contribution is 8.00. The van der Waals surface area contributed by atoms with Crippen molar-refractivity contribution in [2.24, 2.45) is 0 Å². The van der Waals surface area contributed by atoms with E-state index in [1.807, 2.05) is 30.0 Å². The summed E-state index contributed by atoms with van der Waals surface area (Å²) in [6, 6.07) is 15.9. The summed E-state index contributed by atoms with van der Waals surface area (Å²) >= 11 is 3.58. The maximum atomic E-state index is 13.7. The number of carbonyl (C=O) groups excluding carboxylic acids is 1. The molecule has 2 atom stereocenters. The predicted molar refractivity (Wildman–Crippen MR) is 141 cm³/mol. The van der Waals surface area contributed by atoms with Gasteiger partial charge in [-0.2, -0.15) is 0 Å². The molecule has 1 aliphatic carbocycles. The second-order valence-corrected chi connectivity index (χ2v) is 12.1. The highest BCUT2D eigenvalue weighted by Gasteiger charge is 2.42. The Labute approximate surface area is 216 Å². The van der Waals surface area contributed by atoms with Crippen molar-refractivity contribution in [2.75, 3.05) is 18.6 Å². The van der Waals surface area contributed by atoms with Gasteiger partial charge in [-0.3, -0.25) is 9.59 Å². The molecule has 1 saturated heterocycles. The largest absolute Gasteiger partial charge is 0.502 e. The zero-order chi connectivity index (χ0) is 24.4. The Kier molecular flexibility index (Phi) is 5.34. The van der Waals surface area contributed by atoms with E-state index < -0.39 is 11.2 Å². The number of amides is 1. The summed E-state index contributed by atoms with van der Waals surface area (Å²) in [4.78, 5) is 29.6. The first-order valence-electron chi connectivity index (χ1n) is 12.2. The van der Waals surface area contributed by atoms with Gasteiger partial charge in [-0.1, -0.05) is 36.4 Å². The number of rotatable bonds is 3. The molecule has 0 radical (unpaired) electrons. The number of hydrogen-bond donors (Lipinski definition) is 2.